The molecule has 0 spiro atoms. The summed E-state index contributed by atoms with van der Waals surface area (Å²) in [6.45, 7) is 1.78. The van der Waals surface area contributed by atoms with E-state index in [2.05, 4.69) is 10.3 Å². The number of halogens is 3. The SMILES string of the molecule is O=C(NC(C(=O)N1CCCN(c2ccc(C(F)(F)F)cn2)CC1)c1ccccc1)c1ccccc1. The molecule has 0 bridgehead atoms. The fourth-order valence-corrected chi connectivity index (χ4v) is 4.03. The maximum atomic E-state index is 13.6. The Morgan fingerprint density at radius 1 is 0.857 bits per heavy atom. The van der Waals surface area contributed by atoms with Crippen molar-refractivity contribution >= 4 is 17.6 Å². The average Bonchev–Trinajstić information content (AvgIpc) is 3.14. The summed E-state index contributed by atoms with van der Waals surface area (Å²) < 4.78 is 38.6. The number of aromatic nitrogens is 1. The summed E-state index contributed by atoms with van der Waals surface area (Å²) in [4.78, 5) is 33.9. The normalized spacial score (nSPS) is 15.3. The van der Waals surface area contributed by atoms with Gasteiger partial charge in [-0.3, -0.25) is 9.59 Å². The van der Waals surface area contributed by atoms with Gasteiger partial charge in [0.15, 0.2) is 0 Å². The van der Waals surface area contributed by atoms with Crippen LogP contribution in [0.3, 0.4) is 0 Å². The third-order valence-electron chi connectivity index (χ3n) is 5.90. The van der Waals surface area contributed by atoms with Crippen molar-refractivity contribution in [2.45, 2.75) is 18.6 Å². The first-order chi connectivity index (χ1) is 16.8. The van der Waals surface area contributed by atoms with Crippen LogP contribution in [0.2, 0.25) is 0 Å². The van der Waals surface area contributed by atoms with Crippen molar-refractivity contribution < 1.29 is 22.8 Å². The molecule has 3 aromatic rings. The monoisotopic (exact) mass is 482 g/mol. The second kappa shape index (κ2) is 10.6. The van der Waals surface area contributed by atoms with Gasteiger partial charge in [-0.05, 0) is 36.2 Å². The Labute approximate surface area is 201 Å². The summed E-state index contributed by atoms with van der Waals surface area (Å²) in [5, 5.41) is 2.87. The Kier molecular flexibility index (Phi) is 7.33. The predicted octanol–water partition coefficient (Wildman–Crippen LogP) is 4.31. The summed E-state index contributed by atoms with van der Waals surface area (Å²) in [6.07, 6.45) is -3.00. The molecule has 2 heterocycles. The summed E-state index contributed by atoms with van der Waals surface area (Å²) in [7, 11) is 0. The number of carbonyl (C=O) groups is 2. The molecule has 4 rings (SSSR count). The number of nitrogens with zero attached hydrogens (tertiary/aromatic N) is 3. The number of pyridine rings is 1. The van der Waals surface area contributed by atoms with Crippen LogP contribution < -0.4 is 10.2 Å². The minimum atomic E-state index is -4.44. The van der Waals surface area contributed by atoms with Gasteiger partial charge in [-0.1, -0.05) is 48.5 Å². The molecular formula is C26H25F3N4O2. The predicted molar refractivity (Wildman–Crippen MR) is 126 cm³/mol. The Hall–Kier alpha value is -3.88. The highest BCUT2D eigenvalue weighted by Crippen LogP contribution is 2.29. The molecule has 1 aliphatic heterocycles. The molecule has 0 saturated carbocycles. The van der Waals surface area contributed by atoms with E-state index in [9.17, 15) is 22.8 Å². The average molecular weight is 483 g/mol. The van der Waals surface area contributed by atoms with Gasteiger partial charge >= 0.3 is 6.18 Å². The molecule has 1 unspecified atom stereocenters. The van der Waals surface area contributed by atoms with Crippen LogP contribution in [0.1, 0.15) is 33.9 Å². The molecule has 1 saturated heterocycles. The molecule has 1 atom stereocenters. The van der Waals surface area contributed by atoms with Crippen LogP contribution in [0, 0.1) is 0 Å². The highest BCUT2D eigenvalue weighted by Gasteiger charge is 2.32. The molecule has 0 radical (unpaired) electrons. The van der Waals surface area contributed by atoms with Gasteiger partial charge in [0.2, 0.25) is 5.91 Å². The number of hydrogen-bond acceptors (Lipinski definition) is 4. The molecule has 1 fully saturated rings. The van der Waals surface area contributed by atoms with E-state index < -0.39 is 17.8 Å². The van der Waals surface area contributed by atoms with Crippen LogP contribution in [0.4, 0.5) is 19.0 Å². The number of amides is 2. The quantitative estimate of drug-likeness (QED) is 0.589. The van der Waals surface area contributed by atoms with Gasteiger partial charge in [-0.2, -0.15) is 13.2 Å². The van der Waals surface area contributed by atoms with E-state index in [1.54, 1.807) is 41.3 Å². The van der Waals surface area contributed by atoms with Crippen molar-refractivity contribution in [2.75, 3.05) is 31.1 Å². The molecule has 0 aliphatic carbocycles. The van der Waals surface area contributed by atoms with E-state index in [1.807, 2.05) is 29.2 Å². The lowest BCUT2D eigenvalue weighted by Gasteiger charge is -2.27. The van der Waals surface area contributed by atoms with Gasteiger partial charge in [0.25, 0.3) is 5.91 Å². The fourth-order valence-electron chi connectivity index (χ4n) is 4.03. The molecule has 6 nitrogen and oxygen atoms in total. The summed E-state index contributed by atoms with van der Waals surface area (Å²) >= 11 is 0. The molecule has 2 amide bonds. The van der Waals surface area contributed by atoms with Crippen molar-refractivity contribution in [1.29, 1.82) is 0 Å². The van der Waals surface area contributed by atoms with Crippen LogP contribution >= 0.6 is 0 Å². The van der Waals surface area contributed by atoms with E-state index in [1.165, 1.54) is 6.07 Å². The fraction of sp³-hybridized carbons (Fsp3) is 0.269. The van der Waals surface area contributed by atoms with Gasteiger partial charge in [0.05, 0.1) is 5.56 Å². The second-order valence-corrected chi connectivity index (χ2v) is 8.25. The maximum Gasteiger partial charge on any atom is 0.417 e. The highest BCUT2D eigenvalue weighted by molar-refractivity contribution is 5.97. The molecule has 182 valence electrons. The van der Waals surface area contributed by atoms with E-state index in [-0.39, 0.29) is 11.8 Å². The maximum absolute atomic E-state index is 13.6. The zero-order valence-corrected chi connectivity index (χ0v) is 18.9. The molecule has 1 aromatic heterocycles. The second-order valence-electron chi connectivity index (χ2n) is 8.25. The Morgan fingerprint density at radius 2 is 1.54 bits per heavy atom. The van der Waals surface area contributed by atoms with Crippen molar-refractivity contribution in [3.63, 3.8) is 0 Å². The van der Waals surface area contributed by atoms with Crippen molar-refractivity contribution in [3.8, 4) is 0 Å². The molecular weight excluding hydrogens is 457 g/mol. The van der Waals surface area contributed by atoms with Crippen molar-refractivity contribution in [1.82, 2.24) is 15.2 Å². The lowest BCUT2D eigenvalue weighted by atomic mass is 10.0. The topological polar surface area (TPSA) is 65.5 Å². The van der Waals surface area contributed by atoms with Crippen LogP contribution in [0.15, 0.2) is 79.0 Å². The van der Waals surface area contributed by atoms with Gasteiger partial charge in [0.1, 0.15) is 11.9 Å². The van der Waals surface area contributed by atoms with E-state index >= 15 is 0 Å². The third kappa shape index (κ3) is 5.98. The number of carbonyl (C=O) groups excluding carboxylic acids is 2. The lowest BCUT2D eigenvalue weighted by Crippen LogP contribution is -2.44. The summed E-state index contributed by atoms with van der Waals surface area (Å²) in [5.74, 6) is -0.148. The van der Waals surface area contributed by atoms with E-state index in [0.29, 0.717) is 49.5 Å². The van der Waals surface area contributed by atoms with Gasteiger partial charge < -0.3 is 15.1 Å². The minimum Gasteiger partial charge on any atom is -0.355 e. The summed E-state index contributed by atoms with van der Waals surface area (Å²) in [6, 6.07) is 19.2. The zero-order valence-electron chi connectivity index (χ0n) is 18.9. The molecule has 35 heavy (non-hydrogen) atoms. The van der Waals surface area contributed by atoms with Crippen LogP contribution in [-0.4, -0.2) is 47.9 Å². The molecule has 1 N–H and O–H groups in total. The molecule has 2 aromatic carbocycles. The standard InChI is InChI=1S/C26H25F3N4O2/c27-26(28,29)21-12-13-22(30-18-21)32-14-7-15-33(17-16-32)25(35)23(19-8-3-1-4-9-19)31-24(34)20-10-5-2-6-11-20/h1-6,8-13,18,23H,7,14-17H2,(H,31,34). The Balaban J connectivity index is 1.48. The van der Waals surface area contributed by atoms with Gasteiger partial charge in [-0.15, -0.1) is 0 Å². The first-order valence-corrected chi connectivity index (χ1v) is 11.3. The van der Waals surface area contributed by atoms with Crippen LogP contribution in [0.5, 0.6) is 0 Å². The summed E-state index contributed by atoms with van der Waals surface area (Å²) in [5.41, 5.74) is 0.330. The first kappa shape index (κ1) is 24.3. The van der Waals surface area contributed by atoms with Gasteiger partial charge in [0, 0.05) is 37.9 Å². The minimum absolute atomic E-state index is 0.234. The molecule has 9 heteroatoms. The van der Waals surface area contributed by atoms with E-state index in [0.717, 1.165) is 12.3 Å². The number of rotatable bonds is 5. The largest absolute Gasteiger partial charge is 0.417 e. The number of benzene rings is 2. The van der Waals surface area contributed by atoms with Crippen molar-refractivity contribution in [2.24, 2.45) is 0 Å². The van der Waals surface area contributed by atoms with E-state index in [4.69, 9.17) is 0 Å². The third-order valence-corrected chi connectivity index (χ3v) is 5.90. The smallest absolute Gasteiger partial charge is 0.355 e. The number of alkyl halides is 3. The molecule has 1 aliphatic rings. The highest BCUT2D eigenvalue weighted by atomic mass is 19.4. The Morgan fingerprint density at radius 3 is 2.17 bits per heavy atom. The van der Waals surface area contributed by atoms with Crippen LogP contribution in [0.25, 0.3) is 0 Å². The first-order valence-electron chi connectivity index (χ1n) is 11.3. The number of anilines is 1. The zero-order chi connectivity index (χ0) is 24.8. The van der Waals surface area contributed by atoms with Gasteiger partial charge in [-0.25, -0.2) is 4.98 Å². The number of hydrogen-bond donors (Lipinski definition) is 1. The Bertz CT molecular complexity index is 1140. The number of nitrogens with one attached hydrogen (secondary N) is 1. The van der Waals surface area contributed by atoms with Crippen molar-refractivity contribution in [3.05, 3.63) is 95.7 Å². The van der Waals surface area contributed by atoms with Crippen LogP contribution in [-0.2, 0) is 11.0 Å². The lowest BCUT2D eigenvalue weighted by molar-refractivity contribution is -0.138.